The monoisotopic (exact) mass is 441 g/mol. The molecule has 166 valence electrons. The maximum Gasteiger partial charge on any atom is 0.384 e. The van der Waals surface area contributed by atoms with Gasteiger partial charge in [0, 0.05) is 18.5 Å². The van der Waals surface area contributed by atoms with Gasteiger partial charge >= 0.3 is 7.60 Å². The molecular weight excluding hydrogens is 413 g/mol. The van der Waals surface area contributed by atoms with Crippen LogP contribution in [0.25, 0.3) is 0 Å². The fourth-order valence-corrected chi connectivity index (χ4v) is 3.85. The fraction of sp³-hybridized carbons (Fsp3) is 0.400. The molecule has 2 aromatic carbocycles. The van der Waals surface area contributed by atoms with E-state index < -0.39 is 19.2 Å². The molecule has 0 fully saturated rings. The lowest BCUT2D eigenvalue weighted by atomic mass is 10.2. The van der Waals surface area contributed by atoms with Crippen LogP contribution in [0.2, 0.25) is 0 Å². The third-order valence-corrected chi connectivity index (χ3v) is 5.78. The topological polar surface area (TPSA) is 149 Å². The summed E-state index contributed by atoms with van der Waals surface area (Å²) in [5.74, 6) is 0.538. The second kappa shape index (κ2) is 10.8. The van der Waals surface area contributed by atoms with E-state index in [0.29, 0.717) is 12.2 Å². The molecule has 0 heterocycles. The molecule has 0 aliphatic rings. The van der Waals surface area contributed by atoms with E-state index in [1.54, 1.807) is 37.3 Å². The molecule has 0 aromatic heterocycles. The average Bonchev–Trinajstić information content (AvgIpc) is 2.71. The minimum Gasteiger partial charge on any atom is -0.508 e. The Bertz CT molecular complexity index is 844. The number of aliphatic hydroxyl groups excluding tert-OH is 2. The maximum atomic E-state index is 12.3. The highest BCUT2D eigenvalue weighted by Gasteiger charge is 2.49. The van der Waals surface area contributed by atoms with Gasteiger partial charge in [0.25, 0.3) is 5.47 Å². The lowest BCUT2D eigenvalue weighted by Gasteiger charge is -2.36. The molecule has 2 aromatic rings. The van der Waals surface area contributed by atoms with E-state index in [-0.39, 0.29) is 43.2 Å². The van der Waals surface area contributed by atoms with Crippen LogP contribution in [0, 0.1) is 0 Å². The molecule has 2 unspecified atom stereocenters. The molecule has 2 rings (SSSR count). The van der Waals surface area contributed by atoms with Crippen molar-refractivity contribution < 1.29 is 39.1 Å². The first-order valence-corrected chi connectivity index (χ1v) is 11.1. The van der Waals surface area contributed by atoms with E-state index >= 15 is 0 Å². The Morgan fingerprint density at radius 2 is 1.83 bits per heavy atom. The van der Waals surface area contributed by atoms with Crippen LogP contribution in [0.4, 0.5) is 0 Å². The Morgan fingerprint density at radius 3 is 2.43 bits per heavy atom. The van der Waals surface area contributed by atoms with Crippen LogP contribution in [0.15, 0.2) is 48.5 Å². The molecule has 0 aliphatic carbocycles. The number of ether oxygens (including phenoxy) is 2. The first-order chi connectivity index (χ1) is 14.2. The molecular formula is C20H28NO8P. The summed E-state index contributed by atoms with van der Waals surface area (Å²) in [5, 5.41) is 31.7. The summed E-state index contributed by atoms with van der Waals surface area (Å²) in [5.41, 5.74) is -1.72. The molecule has 6 N–H and O–H groups in total. The van der Waals surface area contributed by atoms with Crippen LogP contribution < -0.4 is 14.8 Å². The second-order valence-electron chi connectivity index (χ2n) is 6.79. The Morgan fingerprint density at radius 1 is 1.13 bits per heavy atom. The van der Waals surface area contributed by atoms with Crippen LogP contribution in [0.5, 0.6) is 17.2 Å². The Hall–Kier alpha value is -2.13. The van der Waals surface area contributed by atoms with Gasteiger partial charge in [-0.15, -0.1) is 0 Å². The van der Waals surface area contributed by atoms with Crippen molar-refractivity contribution in [2.45, 2.75) is 37.9 Å². The van der Waals surface area contributed by atoms with Gasteiger partial charge in [-0.3, -0.25) is 9.88 Å². The maximum absolute atomic E-state index is 12.3. The highest BCUT2D eigenvalue weighted by atomic mass is 31.2. The van der Waals surface area contributed by atoms with Gasteiger partial charge in [0.2, 0.25) is 0 Å². The third kappa shape index (κ3) is 6.43. The summed E-state index contributed by atoms with van der Waals surface area (Å²) in [7, 11) is -4.78. The standard InChI is InChI=1S/C20H28NO8P/c1-2-10-20(30(25,26)27,29-17-6-4-3-5-7-17)21-12-16(23)14-28-18-8-9-19(24)15(11-18)13-22/h3-9,11,16,21-24H,2,10,12-14H2,1H3,(H2,25,26,27). The summed E-state index contributed by atoms with van der Waals surface area (Å²) in [6.45, 7) is 1.01. The quantitative estimate of drug-likeness (QED) is 0.215. The molecule has 2 atom stereocenters. The third-order valence-electron chi connectivity index (χ3n) is 4.37. The van der Waals surface area contributed by atoms with Gasteiger partial charge in [0.15, 0.2) is 0 Å². The van der Waals surface area contributed by atoms with Crippen molar-refractivity contribution in [3.05, 3.63) is 54.1 Å². The van der Waals surface area contributed by atoms with Crippen LogP contribution in [-0.4, -0.2) is 49.8 Å². The van der Waals surface area contributed by atoms with Gasteiger partial charge in [-0.25, -0.2) is 0 Å². The van der Waals surface area contributed by atoms with Crippen LogP contribution >= 0.6 is 7.60 Å². The molecule has 0 bridgehead atoms. The summed E-state index contributed by atoms with van der Waals surface area (Å²) in [6.07, 6.45) is -0.675. The second-order valence-corrected chi connectivity index (χ2v) is 8.60. The lowest BCUT2D eigenvalue weighted by Crippen LogP contribution is -2.53. The average molecular weight is 441 g/mol. The molecule has 30 heavy (non-hydrogen) atoms. The van der Waals surface area contributed by atoms with Crippen molar-refractivity contribution in [2.24, 2.45) is 0 Å². The van der Waals surface area contributed by atoms with Crippen LogP contribution in [0.1, 0.15) is 25.3 Å². The summed E-state index contributed by atoms with van der Waals surface area (Å²) >= 11 is 0. The molecule has 0 radical (unpaired) electrons. The van der Waals surface area contributed by atoms with Gasteiger partial charge in [-0.2, -0.15) is 0 Å². The largest absolute Gasteiger partial charge is 0.508 e. The first-order valence-electron chi connectivity index (χ1n) is 9.49. The minimum atomic E-state index is -4.78. The Balaban J connectivity index is 2.05. The molecule has 10 heteroatoms. The SMILES string of the molecule is CCCC(NCC(O)COc1ccc(O)c(CO)c1)(Oc1ccccc1)P(=O)(O)O. The number of aliphatic hydroxyl groups is 2. The summed E-state index contributed by atoms with van der Waals surface area (Å²) < 4.78 is 23.4. The zero-order valence-corrected chi connectivity index (χ0v) is 17.5. The molecule has 0 spiro atoms. The Kier molecular flexibility index (Phi) is 8.66. The summed E-state index contributed by atoms with van der Waals surface area (Å²) in [4.78, 5) is 20.0. The highest BCUT2D eigenvalue weighted by Crippen LogP contribution is 2.52. The fourth-order valence-electron chi connectivity index (χ4n) is 2.81. The molecule has 0 aliphatic heterocycles. The predicted molar refractivity (Wildman–Crippen MR) is 110 cm³/mol. The molecule has 0 amide bonds. The van der Waals surface area contributed by atoms with Crippen molar-refractivity contribution in [1.82, 2.24) is 5.32 Å². The predicted octanol–water partition coefficient (Wildman–Crippen LogP) is 1.92. The van der Waals surface area contributed by atoms with E-state index in [0.717, 1.165) is 0 Å². The number of hydrogen-bond acceptors (Lipinski definition) is 7. The van der Waals surface area contributed by atoms with E-state index in [4.69, 9.17) is 9.47 Å². The van der Waals surface area contributed by atoms with Gasteiger partial charge < -0.3 is 34.6 Å². The zero-order valence-electron chi connectivity index (χ0n) is 16.6. The smallest absolute Gasteiger partial charge is 0.384 e. The van der Waals surface area contributed by atoms with Gasteiger partial charge in [-0.05, 0) is 30.3 Å². The first kappa shape index (κ1) is 24.1. The van der Waals surface area contributed by atoms with Crippen molar-refractivity contribution >= 4 is 7.60 Å². The molecule has 0 saturated heterocycles. The van der Waals surface area contributed by atoms with E-state index in [9.17, 15) is 29.7 Å². The Labute approximate surface area is 175 Å². The number of benzene rings is 2. The van der Waals surface area contributed by atoms with E-state index in [2.05, 4.69) is 5.32 Å². The van der Waals surface area contributed by atoms with Gasteiger partial charge in [-0.1, -0.05) is 31.5 Å². The number of aromatic hydroxyl groups is 1. The van der Waals surface area contributed by atoms with Crippen molar-refractivity contribution in [3.8, 4) is 17.2 Å². The number of phenols is 1. The van der Waals surface area contributed by atoms with Crippen molar-refractivity contribution in [2.75, 3.05) is 13.2 Å². The van der Waals surface area contributed by atoms with Gasteiger partial charge in [0.05, 0.1) is 6.61 Å². The summed E-state index contributed by atoms with van der Waals surface area (Å²) in [6, 6.07) is 12.6. The van der Waals surface area contributed by atoms with Gasteiger partial charge in [0.1, 0.15) is 30.0 Å². The van der Waals surface area contributed by atoms with E-state index in [1.807, 2.05) is 0 Å². The lowest BCUT2D eigenvalue weighted by molar-refractivity contribution is 0.0439. The number of nitrogens with one attached hydrogen (secondary N) is 1. The minimum absolute atomic E-state index is 0.0115. The number of hydrogen-bond donors (Lipinski definition) is 6. The van der Waals surface area contributed by atoms with Crippen molar-refractivity contribution in [3.63, 3.8) is 0 Å². The number of rotatable bonds is 12. The zero-order chi connectivity index (χ0) is 22.2. The van der Waals surface area contributed by atoms with Crippen molar-refractivity contribution in [1.29, 1.82) is 0 Å². The van der Waals surface area contributed by atoms with Crippen LogP contribution in [0.3, 0.4) is 0 Å². The number of para-hydroxylation sites is 1. The normalized spacial score (nSPS) is 14.7. The van der Waals surface area contributed by atoms with E-state index in [1.165, 1.54) is 18.2 Å². The molecule has 0 saturated carbocycles. The van der Waals surface area contributed by atoms with Crippen LogP contribution in [-0.2, 0) is 11.2 Å². The molecule has 9 nitrogen and oxygen atoms in total. The highest BCUT2D eigenvalue weighted by molar-refractivity contribution is 7.53.